The lowest BCUT2D eigenvalue weighted by Gasteiger charge is -1.98. The molecular weight excluding hydrogens is 272 g/mol. The number of rotatable bonds is 3. The molecule has 0 saturated heterocycles. The minimum Gasteiger partial charge on any atom is -0.422 e. The van der Waals surface area contributed by atoms with Crippen molar-refractivity contribution in [3.63, 3.8) is 0 Å². The topological polar surface area (TPSA) is 47.3 Å². The minimum absolute atomic E-state index is 0.0523. The molecule has 0 radical (unpaired) electrons. The lowest BCUT2D eigenvalue weighted by molar-refractivity contribution is 0.104. The van der Waals surface area contributed by atoms with E-state index in [9.17, 15) is 9.59 Å². The Morgan fingerprint density at radius 1 is 1.15 bits per heavy atom. The maximum atomic E-state index is 12.1. The van der Waals surface area contributed by atoms with Gasteiger partial charge >= 0.3 is 5.63 Å². The second-order valence-electron chi connectivity index (χ2n) is 4.20. The van der Waals surface area contributed by atoms with Crippen molar-refractivity contribution in [2.24, 2.45) is 0 Å². The highest BCUT2D eigenvalue weighted by Crippen LogP contribution is 2.14. The van der Waals surface area contributed by atoms with Crippen LogP contribution in [0.2, 0.25) is 0 Å². The fourth-order valence-corrected chi connectivity index (χ4v) is 2.49. The molecule has 4 heteroatoms. The van der Waals surface area contributed by atoms with Gasteiger partial charge in [0.1, 0.15) is 11.1 Å². The molecule has 0 saturated carbocycles. The number of hydrogen-bond acceptors (Lipinski definition) is 4. The van der Waals surface area contributed by atoms with E-state index in [4.69, 9.17) is 4.42 Å². The van der Waals surface area contributed by atoms with E-state index in [0.717, 1.165) is 10.3 Å². The van der Waals surface area contributed by atoms with Crippen LogP contribution in [-0.2, 0) is 0 Å². The van der Waals surface area contributed by atoms with E-state index in [2.05, 4.69) is 0 Å². The van der Waals surface area contributed by atoms with E-state index in [1.54, 1.807) is 30.3 Å². The van der Waals surface area contributed by atoms with E-state index in [0.29, 0.717) is 5.58 Å². The van der Waals surface area contributed by atoms with E-state index in [1.807, 2.05) is 23.6 Å². The average Bonchev–Trinajstić information content (AvgIpc) is 2.97. The fourth-order valence-electron chi connectivity index (χ4n) is 1.87. The van der Waals surface area contributed by atoms with E-state index < -0.39 is 5.63 Å². The lowest BCUT2D eigenvalue weighted by Crippen LogP contribution is -2.11. The third-order valence-electron chi connectivity index (χ3n) is 2.85. The average molecular weight is 282 g/mol. The van der Waals surface area contributed by atoms with Gasteiger partial charge in [-0.25, -0.2) is 4.79 Å². The van der Waals surface area contributed by atoms with Crippen LogP contribution in [0.4, 0.5) is 0 Å². The van der Waals surface area contributed by atoms with Crippen LogP contribution < -0.4 is 5.63 Å². The first kappa shape index (κ1) is 12.6. The van der Waals surface area contributed by atoms with Gasteiger partial charge in [0.15, 0.2) is 5.78 Å². The fraction of sp³-hybridized carbons (Fsp3) is 0. The van der Waals surface area contributed by atoms with Crippen molar-refractivity contribution in [3.05, 3.63) is 74.8 Å². The second-order valence-corrected chi connectivity index (χ2v) is 5.18. The zero-order valence-corrected chi connectivity index (χ0v) is 11.2. The van der Waals surface area contributed by atoms with Crippen LogP contribution in [0.3, 0.4) is 0 Å². The van der Waals surface area contributed by atoms with Crippen molar-refractivity contribution in [1.82, 2.24) is 0 Å². The third-order valence-corrected chi connectivity index (χ3v) is 3.69. The summed E-state index contributed by atoms with van der Waals surface area (Å²) < 4.78 is 5.14. The van der Waals surface area contributed by atoms with Gasteiger partial charge in [0, 0.05) is 10.3 Å². The van der Waals surface area contributed by atoms with Crippen molar-refractivity contribution < 1.29 is 9.21 Å². The smallest absolute Gasteiger partial charge is 0.347 e. The summed E-state index contributed by atoms with van der Waals surface area (Å²) in [7, 11) is 0. The number of benzene rings is 1. The van der Waals surface area contributed by atoms with Crippen molar-refractivity contribution in [2.75, 3.05) is 0 Å². The Labute approximate surface area is 118 Å². The lowest BCUT2D eigenvalue weighted by atomic mass is 10.1. The number of para-hydroxylation sites is 1. The number of hydrogen-bond donors (Lipinski definition) is 0. The molecule has 0 fully saturated rings. The first-order chi connectivity index (χ1) is 9.74. The van der Waals surface area contributed by atoms with Crippen LogP contribution >= 0.6 is 11.3 Å². The van der Waals surface area contributed by atoms with Crippen molar-refractivity contribution in [1.29, 1.82) is 0 Å². The zero-order valence-electron chi connectivity index (χ0n) is 10.4. The second kappa shape index (κ2) is 5.27. The number of carbonyl (C=O) groups excluding carboxylic acids is 1. The molecule has 0 N–H and O–H groups in total. The zero-order chi connectivity index (χ0) is 13.9. The molecule has 0 aliphatic heterocycles. The highest BCUT2D eigenvalue weighted by Gasteiger charge is 2.10. The quantitative estimate of drug-likeness (QED) is 0.417. The molecule has 98 valence electrons. The Kier molecular flexibility index (Phi) is 3.31. The minimum atomic E-state index is -0.607. The van der Waals surface area contributed by atoms with Gasteiger partial charge in [-0.1, -0.05) is 24.3 Å². The van der Waals surface area contributed by atoms with Gasteiger partial charge in [0.25, 0.3) is 0 Å². The maximum Gasteiger partial charge on any atom is 0.347 e. The van der Waals surface area contributed by atoms with E-state index in [-0.39, 0.29) is 11.3 Å². The molecule has 0 bridgehead atoms. The number of fused-ring (bicyclic) bond motifs is 1. The summed E-state index contributed by atoms with van der Waals surface area (Å²) >= 11 is 1.53. The first-order valence-corrected chi connectivity index (χ1v) is 6.91. The summed E-state index contributed by atoms with van der Waals surface area (Å²) in [6, 6.07) is 12.5. The highest BCUT2D eigenvalue weighted by molar-refractivity contribution is 7.10. The molecule has 2 heterocycles. The van der Waals surface area contributed by atoms with Crippen molar-refractivity contribution >= 4 is 34.2 Å². The SMILES string of the molecule is O=C(C=Cc1cccs1)c1cc2ccccc2oc1=O. The van der Waals surface area contributed by atoms with Crippen molar-refractivity contribution in [3.8, 4) is 0 Å². The Bertz CT molecular complexity index is 842. The summed E-state index contributed by atoms with van der Waals surface area (Å²) in [5.74, 6) is -0.349. The molecular formula is C16H10O3S. The molecule has 2 aromatic heterocycles. The van der Waals surface area contributed by atoms with E-state index >= 15 is 0 Å². The predicted molar refractivity (Wildman–Crippen MR) is 80.2 cm³/mol. The third kappa shape index (κ3) is 2.46. The number of ketones is 1. The van der Waals surface area contributed by atoms with Crippen LogP contribution in [-0.4, -0.2) is 5.78 Å². The normalized spacial score (nSPS) is 11.2. The summed E-state index contributed by atoms with van der Waals surface area (Å²) in [5, 5.41) is 2.66. The van der Waals surface area contributed by atoms with E-state index in [1.165, 1.54) is 17.4 Å². The Morgan fingerprint density at radius 2 is 2.00 bits per heavy atom. The maximum absolute atomic E-state index is 12.1. The largest absolute Gasteiger partial charge is 0.422 e. The van der Waals surface area contributed by atoms with Gasteiger partial charge in [-0.05, 0) is 35.7 Å². The van der Waals surface area contributed by atoms with Gasteiger partial charge < -0.3 is 4.42 Å². The molecule has 3 nitrogen and oxygen atoms in total. The van der Waals surface area contributed by atoms with Gasteiger partial charge in [0.2, 0.25) is 0 Å². The van der Waals surface area contributed by atoms with Gasteiger partial charge in [0.05, 0.1) is 0 Å². The van der Waals surface area contributed by atoms with Crippen LogP contribution in [0.1, 0.15) is 15.2 Å². The molecule has 3 rings (SSSR count). The molecule has 0 aliphatic carbocycles. The van der Waals surface area contributed by atoms with Crippen molar-refractivity contribution in [2.45, 2.75) is 0 Å². The Hall–Kier alpha value is -2.46. The summed E-state index contributed by atoms with van der Waals surface area (Å²) in [6.07, 6.45) is 3.09. The molecule has 0 amide bonds. The van der Waals surface area contributed by atoms with Gasteiger partial charge in [-0.2, -0.15) is 0 Å². The Morgan fingerprint density at radius 3 is 2.80 bits per heavy atom. The number of thiophene rings is 1. The van der Waals surface area contributed by atoms with Crippen LogP contribution in [0.15, 0.2) is 63.1 Å². The summed E-state index contributed by atoms with van der Waals surface area (Å²) in [6.45, 7) is 0. The number of carbonyl (C=O) groups is 1. The molecule has 0 atom stereocenters. The summed E-state index contributed by atoms with van der Waals surface area (Å²) in [5.41, 5.74) is -0.0719. The molecule has 1 aromatic carbocycles. The Balaban J connectivity index is 1.99. The first-order valence-electron chi connectivity index (χ1n) is 6.03. The summed E-state index contributed by atoms with van der Waals surface area (Å²) in [4.78, 5) is 24.8. The van der Waals surface area contributed by atoms with Crippen LogP contribution in [0, 0.1) is 0 Å². The standard InChI is InChI=1S/C16H10O3S/c17-14(8-7-12-5-3-9-20-12)13-10-11-4-1-2-6-15(11)19-16(13)18/h1-10H. The molecule has 0 aliphatic rings. The molecule has 0 spiro atoms. The monoisotopic (exact) mass is 282 g/mol. The van der Waals surface area contributed by atoms with Gasteiger partial charge in [-0.15, -0.1) is 11.3 Å². The van der Waals surface area contributed by atoms with Gasteiger partial charge in [-0.3, -0.25) is 4.79 Å². The molecule has 0 unspecified atom stereocenters. The van der Waals surface area contributed by atoms with Crippen LogP contribution in [0.5, 0.6) is 0 Å². The predicted octanol–water partition coefficient (Wildman–Crippen LogP) is 3.75. The number of allylic oxidation sites excluding steroid dienone is 1. The van der Waals surface area contributed by atoms with Crippen LogP contribution in [0.25, 0.3) is 17.0 Å². The molecule has 3 aromatic rings. The molecule has 20 heavy (non-hydrogen) atoms. The highest BCUT2D eigenvalue weighted by atomic mass is 32.1.